The molecule has 1 saturated heterocycles. The van der Waals surface area contributed by atoms with Gasteiger partial charge in [-0.15, -0.1) is 0 Å². The predicted molar refractivity (Wildman–Crippen MR) is 79.8 cm³/mol. The molecule has 1 aliphatic heterocycles. The summed E-state index contributed by atoms with van der Waals surface area (Å²) in [6.07, 6.45) is 6.15. The van der Waals surface area contributed by atoms with Gasteiger partial charge in [-0.1, -0.05) is 6.07 Å². The molecule has 1 fully saturated rings. The number of carbonyl (C=O) groups is 1. The lowest BCUT2D eigenvalue weighted by Gasteiger charge is -2.32. The fourth-order valence-electron chi connectivity index (χ4n) is 2.84. The van der Waals surface area contributed by atoms with Crippen LogP contribution in [0, 0.1) is 6.92 Å². The normalized spacial score (nSPS) is 18.7. The smallest absolute Gasteiger partial charge is 0.227 e. The first-order valence-electron chi connectivity index (χ1n) is 7.41. The molecule has 0 bridgehead atoms. The average Bonchev–Trinajstić information content (AvgIpc) is 3.04. The van der Waals surface area contributed by atoms with E-state index in [0.717, 1.165) is 42.9 Å². The molecule has 5 heteroatoms. The Kier molecular flexibility index (Phi) is 3.99. The fourth-order valence-corrected chi connectivity index (χ4v) is 2.84. The van der Waals surface area contributed by atoms with Crippen LogP contribution in [0.2, 0.25) is 0 Å². The number of aryl methyl sites for hydroxylation is 1. The van der Waals surface area contributed by atoms with E-state index in [2.05, 4.69) is 15.2 Å². The summed E-state index contributed by atoms with van der Waals surface area (Å²) in [4.78, 5) is 18.7. The van der Waals surface area contributed by atoms with E-state index in [0.29, 0.717) is 12.3 Å². The fraction of sp³-hybridized carbons (Fsp3) is 0.438. The summed E-state index contributed by atoms with van der Waals surface area (Å²) in [6.45, 7) is 3.58. The van der Waals surface area contributed by atoms with E-state index >= 15 is 0 Å². The molecule has 0 saturated carbocycles. The van der Waals surface area contributed by atoms with Crippen LogP contribution in [-0.4, -0.2) is 39.1 Å². The molecule has 110 valence electrons. The van der Waals surface area contributed by atoms with E-state index in [9.17, 15) is 4.79 Å². The van der Waals surface area contributed by atoms with Crippen molar-refractivity contribution in [2.24, 2.45) is 0 Å². The van der Waals surface area contributed by atoms with E-state index in [4.69, 9.17) is 0 Å². The minimum absolute atomic E-state index is 0.185. The Bertz CT molecular complexity index is 591. The Labute approximate surface area is 124 Å². The van der Waals surface area contributed by atoms with Gasteiger partial charge in [0.15, 0.2) is 0 Å². The van der Waals surface area contributed by atoms with Gasteiger partial charge in [0.05, 0.1) is 6.42 Å². The minimum Gasteiger partial charge on any atom is -0.342 e. The number of aromatic nitrogens is 3. The molecule has 3 rings (SSSR count). The minimum atomic E-state index is 0.185. The highest BCUT2D eigenvalue weighted by molar-refractivity contribution is 5.78. The van der Waals surface area contributed by atoms with Gasteiger partial charge in [-0.3, -0.25) is 14.9 Å². The maximum Gasteiger partial charge on any atom is 0.227 e. The molecular formula is C16H20N4O. The van der Waals surface area contributed by atoms with Gasteiger partial charge in [-0.05, 0) is 37.5 Å². The lowest BCUT2D eigenvalue weighted by atomic mass is 9.94. The summed E-state index contributed by atoms with van der Waals surface area (Å²) in [5.41, 5.74) is 3.09. The van der Waals surface area contributed by atoms with Crippen molar-refractivity contribution in [3.8, 4) is 0 Å². The molecule has 0 radical (unpaired) electrons. The first-order valence-corrected chi connectivity index (χ1v) is 7.41. The zero-order chi connectivity index (χ0) is 14.7. The van der Waals surface area contributed by atoms with Crippen molar-refractivity contribution < 1.29 is 4.79 Å². The van der Waals surface area contributed by atoms with Crippen LogP contribution < -0.4 is 0 Å². The second-order valence-corrected chi connectivity index (χ2v) is 5.68. The molecule has 1 N–H and O–H groups in total. The molecule has 0 unspecified atom stereocenters. The number of hydrogen-bond donors (Lipinski definition) is 1. The predicted octanol–water partition coefficient (Wildman–Crippen LogP) is 2.06. The molecular weight excluding hydrogens is 264 g/mol. The summed E-state index contributed by atoms with van der Waals surface area (Å²) < 4.78 is 0. The number of H-pyrrole nitrogens is 1. The van der Waals surface area contributed by atoms with Crippen LogP contribution >= 0.6 is 0 Å². The molecule has 1 aliphatic rings. The van der Waals surface area contributed by atoms with Crippen molar-refractivity contribution >= 4 is 5.91 Å². The van der Waals surface area contributed by atoms with Crippen LogP contribution in [-0.2, 0) is 11.2 Å². The molecule has 1 atom stereocenters. The molecule has 0 spiro atoms. The second-order valence-electron chi connectivity index (χ2n) is 5.68. The van der Waals surface area contributed by atoms with Crippen LogP contribution in [0.1, 0.15) is 35.7 Å². The summed E-state index contributed by atoms with van der Waals surface area (Å²) >= 11 is 0. The Morgan fingerprint density at radius 3 is 3.05 bits per heavy atom. The van der Waals surface area contributed by atoms with Crippen LogP contribution in [0.4, 0.5) is 0 Å². The van der Waals surface area contributed by atoms with Crippen molar-refractivity contribution in [1.82, 2.24) is 20.1 Å². The monoisotopic (exact) mass is 284 g/mol. The lowest BCUT2D eigenvalue weighted by molar-refractivity contribution is -0.131. The molecule has 0 aliphatic carbocycles. The number of aromatic amines is 1. The highest BCUT2D eigenvalue weighted by Crippen LogP contribution is 2.25. The van der Waals surface area contributed by atoms with Gasteiger partial charge >= 0.3 is 0 Å². The zero-order valence-corrected chi connectivity index (χ0v) is 12.2. The topological polar surface area (TPSA) is 61.9 Å². The van der Waals surface area contributed by atoms with Crippen LogP contribution in [0.15, 0.2) is 30.6 Å². The number of nitrogens with one attached hydrogen (secondary N) is 1. The molecule has 3 heterocycles. The van der Waals surface area contributed by atoms with Crippen molar-refractivity contribution in [3.05, 3.63) is 47.5 Å². The van der Waals surface area contributed by atoms with E-state index in [1.165, 1.54) is 0 Å². The summed E-state index contributed by atoms with van der Waals surface area (Å²) in [7, 11) is 0. The average molecular weight is 284 g/mol. The first-order chi connectivity index (χ1) is 10.2. The lowest BCUT2D eigenvalue weighted by Crippen LogP contribution is -2.40. The molecule has 21 heavy (non-hydrogen) atoms. The van der Waals surface area contributed by atoms with E-state index in [-0.39, 0.29) is 5.91 Å². The Morgan fingerprint density at radius 2 is 2.33 bits per heavy atom. The second kappa shape index (κ2) is 6.08. The number of amides is 1. The maximum absolute atomic E-state index is 12.4. The highest BCUT2D eigenvalue weighted by atomic mass is 16.2. The van der Waals surface area contributed by atoms with E-state index < -0.39 is 0 Å². The van der Waals surface area contributed by atoms with Crippen molar-refractivity contribution in [2.45, 2.75) is 32.1 Å². The summed E-state index contributed by atoms with van der Waals surface area (Å²) in [5, 5.41) is 7.03. The van der Waals surface area contributed by atoms with Gasteiger partial charge in [0.2, 0.25) is 5.91 Å². The van der Waals surface area contributed by atoms with Crippen LogP contribution in [0.3, 0.4) is 0 Å². The Balaban J connectivity index is 1.63. The van der Waals surface area contributed by atoms with E-state index in [1.807, 2.05) is 30.0 Å². The van der Waals surface area contributed by atoms with Crippen LogP contribution in [0.5, 0.6) is 0 Å². The van der Waals surface area contributed by atoms with Gasteiger partial charge in [0.1, 0.15) is 0 Å². The Morgan fingerprint density at radius 1 is 1.43 bits per heavy atom. The zero-order valence-electron chi connectivity index (χ0n) is 12.2. The van der Waals surface area contributed by atoms with Crippen molar-refractivity contribution in [2.75, 3.05) is 13.1 Å². The van der Waals surface area contributed by atoms with E-state index in [1.54, 1.807) is 12.4 Å². The highest BCUT2D eigenvalue weighted by Gasteiger charge is 2.25. The van der Waals surface area contributed by atoms with Gasteiger partial charge < -0.3 is 4.90 Å². The quantitative estimate of drug-likeness (QED) is 0.938. The number of pyridine rings is 1. The van der Waals surface area contributed by atoms with Crippen molar-refractivity contribution in [1.29, 1.82) is 0 Å². The van der Waals surface area contributed by atoms with Gasteiger partial charge in [-0.2, -0.15) is 5.10 Å². The number of nitrogens with zero attached hydrogens (tertiary/aromatic N) is 3. The maximum atomic E-state index is 12.4. The molecule has 0 aromatic carbocycles. The largest absolute Gasteiger partial charge is 0.342 e. The Hall–Kier alpha value is -2.17. The first kappa shape index (κ1) is 13.8. The van der Waals surface area contributed by atoms with Gasteiger partial charge in [0.25, 0.3) is 0 Å². The molecule has 2 aromatic rings. The molecule has 5 nitrogen and oxygen atoms in total. The molecule has 1 amide bonds. The van der Waals surface area contributed by atoms with Crippen LogP contribution in [0.25, 0.3) is 0 Å². The third-order valence-electron chi connectivity index (χ3n) is 4.06. The summed E-state index contributed by atoms with van der Waals surface area (Å²) in [5.74, 6) is 0.561. The molecule has 2 aromatic heterocycles. The third kappa shape index (κ3) is 3.29. The number of piperidine rings is 1. The standard InChI is InChI=1S/C16H20N4O/c1-12-4-5-13(10-17-12)9-16(21)20-8-2-3-14(11-20)15-6-7-18-19-15/h4-7,10,14H,2-3,8-9,11H2,1H3,(H,18,19)/t14-/m0/s1. The third-order valence-corrected chi connectivity index (χ3v) is 4.06. The SMILES string of the molecule is Cc1ccc(CC(=O)N2CCC[C@H](c3ccn[nH]3)C2)cn1. The number of carbonyl (C=O) groups excluding carboxylic acids is 1. The van der Waals surface area contributed by atoms with Crippen molar-refractivity contribution in [3.63, 3.8) is 0 Å². The van der Waals surface area contributed by atoms with Gasteiger partial charge in [0, 0.05) is 42.8 Å². The number of likely N-dealkylation sites (tertiary alicyclic amines) is 1. The van der Waals surface area contributed by atoms with Gasteiger partial charge in [-0.25, -0.2) is 0 Å². The summed E-state index contributed by atoms with van der Waals surface area (Å²) in [6, 6.07) is 5.94. The number of hydrogen-bond acceptors (Lipinski definition) is 3. The number of rotatable bonds is 3.